The van der Waals surface area contributed by atoms with Crippen LogP contribution in [0.15, 0.2) is 47.5 Å². The molecule has 5 nitrogen and oxygen atoms in total. The monoisotopic (exact) mass is 305 g/mol. The number of methoxy groups -OCH3 is 1. The minimum absolute atomic E-state index is 0.0519. The number of carboxylic acid groups (broad SMARTS) is 1. The summed E-state index contributed by atoms with van der Waals surface area (Å²) in [6, 6.07) is 10.7. The first-order chi connectivity index (χ1) is 10.2. The van der Waals surface area contributed by atoms with Crippen molar-refractivity contribution in [2.75, 3.05) is 19.5 Å². The van der Waals surface area contributed by atoms with Crippen LogP contribution in [-0.4, -0.2) is 35.5 Å². The highest BCUT2D eigenvalue weighted by molar-refractivity contribution is 7.99. The van der Waals surface area contributed by atoms with Gasteiger partial charge in [0, 0.05) is 16.8 Å². The van der Waals surface area contributed by atoms with Crippen molar-refractivity contribution < 1.29 is 19.4 Å². The molecule has 1 aromatic carbocycles. The van der Waals surface area contributed by atoms with Gasteiger partial charge < -0.3 is 14.6 Å². The maximum atomic E-state index is 10.8. The fourth-order valence-electron chi connectivity index (χ4n) is 1.61. The number of aromatic carboxylic acids is 1. The molecule has 0 fully saturated rings. The Morgan fingerprint density at radius 1 is 1.24 bits per heavy atom. The zero-order chi connectivity index (χ0) is 15.1. The molecule has 0 spiro atoms. The fraction of sp³-hybridized carbons (Fsp3) is 0.200. The van der Waals surface area contributed by atoms with Crippen LogP contribution in [0.2, 0.25) is 0 Å². The quantitative estimate of drug-likeness (QED) is 0.626. The maximum Gasteiger partial charge on any atom is 0.354 e. The second-order valence-corrected chi connectivity index (χ2v) is 5.22. The van der Waals surface area contributed by atoms with E-state index in [9.17, 15) is 4.79 Å². The lowest BCUT2D eigenvalue weighted by Gasteiger charge is -2.07. The van der Waals surface area contributed by atoms with Crippen LogP contribution in [0.3, 0.4) is 0 Å². The van der Waals surface area contributed by atoms with Gasteiger partial charge in [-0.15, -0.1) is 11.8 Å². The van der Waals surface area contributed by atoms with Crippen LogP contribution in [-0.2, 0) is 0 Å². The van der Waals surface area contributed by atoms with Crippen LogP contribution < -0.4 is 9.47 Å². The van der Waals surface area contributed by atoms with Crippen molar-refractivity contribution in [2.24, 2.45) is 0 Å². The summed E-state index contributed by atoms with van der Waals surface area (Å²) in [5.41, 5.74) is 0.0519. The number of rotatable bonds is 7. The molecule has 2 rings (SSSR count). The van der Waals surface area contributed by atoms with E-state index in [0.29, 0.717) is 6.61 Å². The molecule has 0 unspecified atom stereocenters. The van der Waals surface area contributed by atoms with Crippen LogP contribution in [0.1, 0.15) is 10.5 Å². The minimum Gasteiger partial charge on any atom is -0.497 e. The zero-order valence-corrected chi connectivity index (χ0v) is 12.3. The molecule has 6 heteroatoms. The molecule has 0 amide bonds. The summed E-state index contributed by atoms with van der Waals surface area (Å²) in [5.74, 6) is 1.26. The number of ether oxygens (including phenoxy) is 2. The van der Waals surface area contributed by atoms with Gasteiger partial charge in [0.15, 0.2) is 0 Å². The Morgan fingerprint density at radius 2 is 1.95 bits per heavy atom. The molecule has 1 aromatic heterocycles. The average Bonchev–Trinajstić information content (AvgIpc) is 2.52. The van der Waals surface area contributed by atoms with E-state index < -0.39 is 5.97 Å². The van der Waals surface area contributed by atoms with Gasteiger partial charge in [0.25, 0.3) is 0 Å². The molecule has 110 valence electrons. The highest BCUT2D eigenvalue weighted by Crippen LogP contribution is 2.20. The van der Waals surface area contributed by atoms with Gasteiger partial charge in [-0.1, -0.05) is 0 Å². The lowest BCUT2D eigenvalue weighted by atomic mass is 10.3. The van der Waals surface area contributed by atoms with E-state index >= 15 is 0 Å². The Bertz CT molecular complexity index is 601. The third-order valence-electron chi connectivity index (χ3n) is 2.63. The number of nitrogens with zero attached hydrogens (tertiary/aromatic N) is 1. The van der Waals surface area contributed by atoms with Crippen molar-refractivity contribution >= 4 is 17.7 Å². The summed E-state index contributed by atoms with van der Waals surface area (Å²) < 4.78 is 10.7. The predicted octanol–water partition coefficient (Wildman–Crippen LogP) is 2.96. The summed E-state index contributed by atoms with van der Waals surface area (Å²) in [6.45, 7) is 0.529. The van der Waals surface area contributed by atoms with Gasteiger partial charge in [0.2, 0.25) is 0 Å². The van der Waals surface area contributed by atoms with Gasteiger partial charge in [-0.25, -0.2) is 9.78 Å². The molecular formula is C15H15NO4S. The van der Waals surface area contributed by atoms with Crippen molar-refractivity contribution in [3.8, 4) is 11.5 Å². The van der Waals surface area contributed by atoms with Crippen molar-refractivity contribution in [1.29, 1.82) is 0 Å². The standard InChI is InChI=1S/C15H15NO4S/c1-19-11-2-4-12(5-3-11)20-8-9-21-13-6-7-16-14(10-13)15(17)18/h2-7,10H,8-9H2,1H3,(H,17,18). The highest BCUT2D eigenvalue weighted by atomic mass is 32.2. The van der Waals surface area contributed by atoms with Crippen molar-refractivity contribution in [1.82, 2.24) is 4.98 Å². The Hall–Kier alpha value is -2.21. The largest absolute Gasteiger partial charge is 0.497 e. The van der Waals surface area contributed by atoms with Crippen molar-refractivity contribution in [3.63, 3.8) is 0 Å². The number of carboxylic acids is 1. The van der Waals surface area contributed by atoms with Crippen LogP contribution in [0, 0.1) is 0 Å². The molecule has 0 aliphatic heterocycles. The van der Waals surface area contributed by atoms with Gasteiger partial charge in [-0.3, -0.25) is 0 Å². The maximum absolute atomic E-state index is 10.8. The average molecular weight is 305 g/mol. The van der Waals surface area contributed by atoms with E-state index in [0.717, 1.165) is 22.1 Å². The van der Waals surface area contributed by atoms with E-state index in [1.165, 1.54) is 18.0 Å². The Morgan fingerprint density at radius 3 is 2.62 bits per heavy atom. The van der Waals surface area contributed by atoms with E-state index in [2.05, 4.69) is 4.98 Å². The summed E-state index contributed by atoms with van der Waals surface area (Å²) in [5, 5.41) is 8.87. The van der Waals surface area contributed by atoms with E-state index in [-0.39, 0.29) is 5.69 Å². The van der Waals surface area contributed by atoms with E-state index in [1.807, 2.05) is 24.3 Å². The van der Waals surface area contributed by atoms with Gasteiger partial charge in [0.1, 0.15) is 17.2 Å². The number of benzene rings is 1. The van der Waals surface area contributed by atoms with E-state index in [1.54, 1.807) is 19.2 Å². The van der Waals surface area contributed by atoms with Crippen molar-refractivity contribution in [3.05, 3.63) is 48.3 Å². The van der Waals surface area contributed by atoms with Crippen LogP contribution in [0.4, 0.5) is 0 Å². The van der Waals surface area contributed by atoms with Gasteiger partial charge in [0.05, 0.1) is 13.7 Å². The first-order valence-electron chi connectivity index (χ1n) is 6.28. The molecule has 0 atom stereocenters. The smallest absolute Gasteiger partial charge is 0.354 e. The predicted molar refractivity (Wildman–Crippen MR) is 80.4 cm³/mol. The molecule has 0 bridgehead atoms. The molecule has 1 N–H and O–H groups in total. The van der Waals surface area contributed by atoms with Crippen molar-refractivity contribution in [2.45, 2.75) is 4.90 Å². The molecular weight excluding hydrogens is 290 g/mol. The molecule has 0 radical (unpaired) electrons. The number of pyridine rings is 1. The molecule has 0 saturated carbocycles. The number of aromatic nitrogens is 1. The molecule has 0 aliphatic carbocycles. The lowest BCUT2D eigenvalue weighted by Crippen LogP contribution is -2.01. The fourth-order valence-corrected chi connectivity index (χ4v) is 2.36. The number of hydrogen-bond acceptors (Lipinski definition) is 5. The number of thioether (sulfide) groups is 1. The normalized spacial score (nSPS) is 10.1. The topological polar surface area (TPSA) is 68.7 Å². The summed E-state index contributed by atoms with van der Waals surface area (Å²) in [4.78, 5) is 15.5. The summed E-state index contributed by atoms with van der Waals surface area (Å²) >= 11 is 1.53. The molecule has 2 aromatic rings. The molecule has 0 saturated heterocycles. The van der Waals surface area contributed by atoms with Crippen LogP contribution >= 0.6 is 11.8 Å². The first-order valence-corrected chi connectivity index (χ1v) is 7.26. The lowest BCUT2D eigenvalue weighted by molar-refractivity contribution is 0.0690. The summed E-state index contributed by atoms with van der Waals surface area (Å²) in [7, 11) is 1.62. The minimum atomic E-state index is -1.02. The zero-order valence-electron chi connectivity index (χ0n) is 11.5. The van der Waals surface area contributed by atoms with Gasteiger partial charge in [-0.05, 0) is 36.4 Å². The molecule has 0 aliphatic rings. The van der Waals surface area contributed by atoms with Gasteiger partial charge in [-0.2, -0.15) is 0 Å². The molecule has 1 heterocycles. The Balaban J connectivity index is 1.78. The second-order valence-electron chi connectivity index (χ2n) is 4.05. The van der Waals surface area contributed by atoms with Crippen LogP contribution in [0.25, 0.3) is 0 Å². The summed E-state index contributed by atoms with van der Waals surface area (Å²) in [6.07, 6.45) is 1.50. The van der Waals surface area contributed by atoms with E-state index in [4.69, 9.17) is 14.6 Å². The first kappa shape index (κ1) is 15.2. The second kappa shape index (κ2) is 7.54. The van der Waals surface area contributed by atoms with Crippen LogP contribution in [0.5, 0.6) is 11.5 Å². The molecule has 21 heavy (non-hydrogen) atoms. The highest BCUT2D eigenvalue weighted by Gasteiger charge is 2.05. The van der Waals surface area contributed by atoms with Gasteiger partial charge >= 0.3 is 5.97 Å². The number of carbonyl (C=O) groups is 1. The number of hydrogen-bond donors (Lipinski definition) is 1. The Kier molecular flexibility index (Phi) is 5.45. The Labute approximate surface area is 126 Å². The SMILES string of the molecule is COc1ccc(OCCSc2ccnc(C(=O)O)c2)cc1. The third-order valence-corrected chi connectivity index (χ3v) is 3.59. The third kappa shape index (κ3) is 4.68.